The number of halogens is 3. The third kappa shape index (κ3) is 5.23. The Morgan fingerprint density at radius 3 is 2.74 bits per heavy atom. The summed E-state index contributed by atoms with van der Waals surface area (Å²) in [4.78, 5) is 33.8. The predicted molar refractivity (Wildman–Crippen MR) is 127 cm³/mol. The number of hydrogen-bond donors (Lipinski definition) is 2. The van der Waals surface area contributed by atoms with E-state index >= 15 is 0 Å². The molecule has 2 heterocycles. The van der Waals surface area contributed by atoms with Crippen molar-refractivity contribution in [1.29, 1.82) is 0 Å². The van der Waals surface area contributed by atoms with E-state index < -0.39 is 40.6 Å². The first-order valence-electron chi connectivity index (χ1n) is 11.3. The number of hydrogen-bond acceptors (Lipinski definition) is 7. The van der Waals surface area contributed by atoms with Gasteiger partial charge in [0.2, 0.25) is 0 Å². The molecule has 1 aliphatic heterocycles. The minimum absolute atomic E-state index is 0.0999. The second-order valence-corrected chi connectivity index (χ2v) is 9.67. The smallest absolute Gasteiger partial charge is 0.338 e. The monoisotopic (exact) mass is 523 g/mol. The van der Waals surface area contributed by atoms with E-state index in [0.717, 1.165) is 6.07 Å². The fourth-order valence-corrected chi connectivity index (χ4v) is 5.43. The SMILES string of the molecule is CCOC(=O)C1=C([C@H]2CCC[C@H](C(=O)O)CC2)NC(c2nccs2)=NC1c1ccc(F)c(F)c1Cl. The van der Waals surface area contributed by atoms with Crippen molar-refractivity contribution < 1.29 is 28.2 Å². The molecule has 186 valence electrons. The first kappa shape index (κ1) is 25.2. The Kier molecular flexibility index (Phi) is 7.81. The van der Waals surface area contributed by atoms with E-state index in [0.29, 0.717) is 48.6 Å². The maximum Gasteiger partial charge on any atom is 0.338 e. The number of carboxylic acids is 1. The van der Waals surface area contributed by atoms with Crippen LogP contribution in [0.4, 0.5) is 8.78 Å². The van der Waals surface area contributed by atoms with Crippen LogP contribution < -0.4 is 5.32 Å². The van der Waals surface area contributed by atoms with E-state index in [1.165, 1.54) is 17.4 Å². The van der Waals surface area contributed by atoms with Crippen LogP contribution in [0.3, 0.4) is 0 Å². The van der Waals surface area contributed by atoms with Gasteiger partial charge in [0.1, 0.15) is 6.04 Å². The number of ether oxygens (including phenoxy) is 1. The normalized spacial score (nSPS) is 22.7. The lowest BCUT2D eigenvalue weighted by molar-refractivity contribution is -0.142. The number of nitrogens with one attached hydrogen (secondary N) is 1. The van der Waals surface area contributed by atoms with Crippen LogP contribution in [0.15, 0.2) is 40.0 Å². The number of benzene rings is 1. The van der Waals surface area contributed by atoms with E-state index in [1.807, 2.05) is 0 Å². The summed E-state index contributed by atoms with van der Waals surface area (Å²) in [7, 11) is 0. The summed E-state index contributed by atoms with van der Waals surface area (Å²) in [5.74, 6) is -4.11. The maximum absolute atomic E-state index is 14.4. The zero-order valence-corrected chi connectivity index (χ0v) is 20.5. The third-order valence-corrected chi connectivity index (χ3v) is 7.45. The zero-order chi connectivity index (χ0) is 25.1. The van der Waals surface area contributed by atoms with E-state index in [4.69, 9.17) is 16.3 Å². The number of thiazole rings is 1. The van der Waals surface area contributed by atoms with Gasteiger partial charge >= 0.3 is 11.9 Å². The lowest BCUT2D eigenvalue weighted by Crippen LogP contribution is -2.37. The number of aliphatic carboxylic acids is 1. The molecule has 35 heavy (non-hydrogen) atoms. The third-order valence-electron chi connectivity index (χ3n) is 6.29. The number of esters is 1. The molecule has 1 saturated carbocycles. The summed E-state index contributed by atoms with van der Waals surface area (Å²) in [6.07, 6.45) is 4.41. The Balaban J connectivity index is 1.86. The van der Waals surface area contributed by atoms with Crippen LogP contribution in [0.5, 0.6) is 0 Å². The fourth-order valence-electron chi connectivity index (χ4n) is 4.58. The van der Waals surface area contributed by atoms with Gasteiger partial charge in [0, 0.05) is 22.8 Å². The molecule has 0 spiro atoms. The highest BCUT2D eigenvalue weighted by Gasteiger charge is 2.38. The summed E-state index contributed by atoms with van der Waals surface area (Å²) in [5, 5.41) is 14.6. The quantitative estimate of drug-likeness (QED) is 0.304. The molecule has 0 bridgehead atoms. The molecular weight excluding hydrogens is 500 g/mol. The van der Waals surface area contributed by atoms with Crippen LogP contribution in [0, 0.1) is 23.5 Å². The molecule has 4 rings (SSSR count). The Labute approximate surface area is 209 Å². The highest BCUT2D eigenvalue weighted by Crippen LogP contribution is 2.42. The van der Waals surface area contributed by atoms with E-state index in [1.54, 1.807) is 18.5 Å². The number of carbonyl (C=O) groups excluding carboxylic acids is 1. The molecule has 7 nitrogen and oxygen atoms in total. The highest BCUT2D eigenvalue weighted by atomic mass is 35.5. The molecule has 0 radical (unpaired) electrons. The van der Waals surface area contributed by atoms with Gasteiger partial charge in [-0.25, -0.2) is 18.6 Å². The molecule has 11 heteroatoms. The van der Waals surface area contributed by atoms with Gasteiger partial charge in [0.05, 0.1) is 23.1 Å². The number of rotatable bonds is 6. The molecule has 2 aromatic rings. The minimum atomic E-state index is -1.22. The Morgan fingerprint density at radius 1 is 1.26 bits per heavy atom. The van der Waals surface area contributed by atoms with Crippen LogP contribution in [0.1, 0.15) is 55.6 Å². The van der Waals surface area contributed by atoms with Gasteiger partial charge in [0.25, 0.3) is 0 Å². The number of carboxylic acid groups (broad SMARTS) is 1. The average Bonchev–Trinajstić information content (AvgIpc) is 3.26. The summed E-state index contributed by atoms with van der Waals surface area (Å²) in [5.41, 5.74) is 0.804. The van der Waals surface area contributed by atoms with Crippen LogP contribution in [0.25, 0.3) is 0 Å². The Bertz CT molecular complexity index is 1190. The van der Waals surface area contributed by atoms with Crippen LogP contribution in [0.2, 0.25) is 5.02 Å². The molecule has 1 unspecified atom stereocenters. The molecule has 2 N–H and O–H groups in total. The van der Waals surface area contributed by atoms with Gasteiger partial charge in [-0.05, 0) is 44.6 Å². The van der Waals surface area contributed by atoms with Crippen molar-refractivity contribution in [2.75, 3.05) is 6.61 Å². The standard InChI is InChI=1S/C24H24ClF2N3O4S/c1-2-34-24(33)16-19(12-4-3-5-13(7-6-12)23(31)32)29-21(22-28-10-11-35-22)30-20(16)14-8-9-15(26)18(27)17(14)25/h8-13,20H,2-7H2,1H3,(H,29,30)(H,31,32)/t12-,13-,20?/m0/s1. The molecule has 1 aromatic heterocycles. The van der Waals surface area contributed by atoms with E-state index in [9.17, 15) is 23.5 Å². The molecule has 3 atom stereocenters. The number of amidine groups is 1. The highest BCUT2D eigenvalue weighted by molar-refractivity contribution is 7.11. The number of aromatic nitrogens is 1. The molecule has 1 aromatic carbocycles. The van der Waals surface area contributed by atoms with Crippen molar-refractivity contribution >= 4 is 40.7 Å². The lowest BCUT2D eigenvalue weighted by Gasteiger charge is -2.31. The zero-order valence-electron chi connectivity index (χ0n) is 18.9. The van der Waals surface area contributed by atoms with Gasteiger partial charge in [-0.1, -0.05) is 24.1 Å². The Morgan fingerprint density at radius 2 is 2.06 bits per heavy atom. The molecule has 1 aliphatic carbocycles. The Hall–Kier alpha value is -2.85. The molecular formula is C24H24ClF2N3O4S. The van der Waals surface area contributed by atoms with Crippen LogP contribution in [-0.2, 0) is 14.3 Å². The predicted octanol–water partition coefficient (Wildman–Crippen LogP) is 5.26. The van der Waals surface area contributed by atoms with E-state index in [-0.39, 0.29) is 23.7 Å². The second kappa shape index (κ2) is 10.8. The molecule has 0 saturated heterocycles. The summed E-state index contributed by atoms with van der Waals surface area (Å²) in [6.45, 7) is 1.77. The topological polar surface area (TPSA) is 101 Å². The second-order valence-electron chi connectivity index (χ2n) is 8.40. The van der Waals surface area contributed by atoms with Crippen molar-refractivity contribution in [2.45, 2.75) is 45.1 Å². The van der Waals surface area contributed by atoms with Crippen LogP contribution in [-0.4, -0.2) is 34.5 Å². The number of carbonyl (C=O) groups is 2. The molecule has 0 amide bonds. The average molecular weight is 524 g/mol. The minimum Gasteiger partial charge on any atom is -0.481 e. The number of aliphatic imine (C=N–C) groups is 1. The molecule has 2 aliphatic rings. The number of nitrogens with zero attached hydrogens (tertiary/aromatic N) is 2. The first-order chi connectivity index (χ1) is 16.8. The van der Waals surface area contributed by atoms with Gasteiger partial charge in [-0.15, -0.1) is 11.3 Å². The lowest BCUT2D eigenvalue weighted by atomic mass is 9.86. The van der Waals surface area contributed by atoms with Crippen molar-refractivity contribution in [1.82, 2.24) is 10.3 Å². The van der Waals surface area contributed by atoms with Gasteiger partial charge in [0.15, 0.2) is 22.5 Å². The molecule has 1 fully saturated rings. The number of allylic oxidation sites excluding steroid dienone is 1. The van der Waals surface area contributed by atoms with Crippen molar-refractivity contribution in [3.63, 3.8) is 0 Å². The summed E-state index contributed by atoms with van der Waals surface area (Å²) in [6, 6.07) is 1.19. The van der Waals surface area contributed by atoms with Gasteiger partial charge < -0.3 is 15.2 Å². The van der Waals surface area contributed by atoms with Gasteiger partial charge in [-0.2, -0.15) is 0 Å². The summed E-state index contributed by atoms with van der Waals surface area (Å²) >= 11 is 7.53. The first-order valence-corrected chi connectivity index (χ1v) is 12.6. The summed E-state index contributed by atoms with van der Waals surface area (Å²) < 4.78 is 33.6. The fraction of sp³-hybridized carbons (Fsp3) is 0.417. The van der Waals surface area contributed by atoms with Crippen molar-refractivity contribution in [3.05, 3.63) is 62.2 Å². The van der Waals surface area contributed by atoms with Crippen molar-refractivity contribution in [3.8, 4) is 0 Å². The van der Waals surface area contributed by atoms with Crippen molar-refractivity contribution in [2.24, 2.45) is 16.8 Å². The largest absolute Gasteiger partial charge is 0.481 e. The van der Waals surface area contributed by atoms with E-state index in [2.05, 4.69) is 15.3 Å². The van der Waals surface area contributed by atoms with Gasteiger partial charge in [-0.3, -0.25) is 9.79 Å². The maximum atomic E-state index is 14.4. The van der Waals surface area contributed by atoms with Crippen LogP contribution >= 0.6 is 22.9 Å².